The average Bonchev–Trinajstić information content (AvgIpc) is 2.51. The van der Waals surface area contributed by atoms with Crippen molar-refractivity contribution in [3.05, 3.63) is 24.3 Å². The Bertz CT molecular complexity index is 559. The molecule has 1 heterocycles. The van der Waals surface area contributed by atoms with E-state index in [9.17, 15) is 0 Å². The van der Waals surface area contributed by atoms with E-state index in [2.05, 4.69) is 20.6 Å². The molecule has 0 aliphatic rings. The molecule has 1 aromatic heterocycles. The molecule has 0 spiro atoms. The van der Waals surface area contributed by atoms with Crippen LogP contribution < -0.4 is 10.6 Å². The Hall–Kier alpha value is -1.88. The number of aliphatic hydroxyl groups is 1. The summed E-state index contributed by atoms with van der Waals surface area (Å²) in [5, 5.41) is 16.4. The Labute approximate surface area is 125 Å². The van der Waals surface area contributed by atoms with Gasteiger partial charge in [-0.15, -0.1) is 0 Å². The van der Waals surface area contributed by atoms with Gasteiger partial charge in [0.15, 0.2) is 0 Å². The van der Waals surface area contributed by atoms with Gasteiger partial charge in [-0.25, -0.2) is 4.98 Å². The van der Waals surface area contributed by atoms with E-state index in [0.29, 0.717) is 5.95 Å². The third kappa shape index (κ3) is 4.56. The van der Waals surface area contributed by atoms with Crippen molar-refractivity contribution < 1.29 is 5.11 Å². The fourth-order valence-corrected chi connectivity index (χ4v) is 2.25. The highest BCUT2D eigenvalue weighted by Crippen LogP contribution is 2.21. The minimum absolute atomic E-state index is 0.288. The Morgan fingerprint density at radius 2 is 1.81 bits per heavy atom. The molecular weight excluding hydrogens is 264 g/mol. The first kappa shape index (κ1) is 15.5. The van der Waals surface area contributed by atoms with Crippen LogP contribution in [0, 0.1) is 0 Å². The number of aliphatic hydroxyl groups excluding tert-OH is 1. The zero-order valence-electron chi connectivity index (χ0n) is 12.6. The van der Waals surface area contributed by atoms with E-state index >= 15 is 0 Å². The van der Waals surface area contributed by atoms with Crippen LogP contribution in [-0.4, -0.2) is 34.8 Å². The Kier molecular flexibility index (Phi) is 6.22. The predicted octanol–water partition coefficient (Wildman–Crippen LogP) is 3.03. The molecule has 0 atom stereocenters. The van der Waals surface area contributed by atoms with E-state index in [4.69, 9.17) is 5.11 Å². The van der Waals surface area contributed by atoms with Gasteiger partial charge in [0, 0.05) is 25.1 Å². The summed E-state index contributed by atoms with van der Waals surface area (Å²) in [4.78, 5) is 9.06. The fraction of sp³-hybridized carbons (Fsp3) is 0.500. The van der Waals surface area contributed by atoms with Crippen molar-refractivity contribution in [2.45, 2.75) is 32.6 Å². The summed E-state index contributed by atoms with van der Waals surface area (Å²) >= 11 is 0. The van der Waals surface area contributed by atoms with Gasteiger partial charge in [0.1, 0.15) is 5.82 Å². The second-order valence-corrected chi connectivity index (χ2v) is 5.01. The molecule has 5 heteroatoms. The predicted molar refractivity (Wildman–Crippen MR) is 87.7 cm³/mol. The van der Waals surface area contributed by atoms with Crippen molar-refractivity contribution in [3.63, 3.8) is 0 Å². The molecule has 1 aromatic carbocycles. The zero-order chi connectivity index (χ0) is 14.9. The highest BCUT2D eigenvalue weighted by Gasteiger charge is 2.06. The maximum Gasteiger partial charge on any atom is 0.225 e. The normalized spacial score (nSPS) is 10.8. The van der Waals surface area contributed by atoms with E-state index in [1.807, 2.05) is 31.2 Å². The van der Waals surface area contributed by atoms with Crippen LogP contribution in [0.2, 0.25) is 0 Å². The number of hydrogen-bond acceptors (Lipinski definition) is 5. The number of rotatable bonds is 9. The first-order valence-electron chi connectivity index (χ1n) is 7.70. The average molecular weight is 288 g/mol. The first-order valence-corrected chi connectivity index (χ1v) is 7.70. The van der Waals surface area contributed by atoms with Crippen LogP contribution in [0.5, 0.6) is 0 Å². The molecule has 21 heavy (non-hydrogen) atoms. The molecule has 0 aliphatic heterocycles. The van der Waals surface area contributed by atoms with E-state index in [1.54, 1.807) is 0 Å². The van der Waals surface area contributed by atoms with Gasteiger partial charge in [-0.3, -0.25) is 0 Å². The maximum atomic E-state index is 8.76. The van der Waals surface area contributed by atoms with Crippen LogP contribution in [0.25, 0.3) is 10.9 Å². The lowest BCUT2D eigenvalue weighted by atomic mass is 10.2. The molecule has 114 valence electrons. The molecule has 0 unspecified atom stereocenters. The molecule has 2 rings (SSSR count). The molecular formula is C16H24N4O. The number of benzene rings is 1. The molecule has 3 N–H and O–H groups in total. The molecule has 0 fully saturated rings. The van der Waals surface area contributed by atoms with Crippen LogP contribution in [-0.2, 0) is 0 Å². The van der Waals surface area contributed by atoms with Crippen molar-refractivity contribution in [2.24, 2.45) is 0 Å². The second-order valence-electron chi connectivity index (χ2n) is 5.01. The largest absolute Gasteiger partial charge is 0.396 e. The molecule has 5 nitrogen and oxygen atoms in total. The molecule has 0 radical (unpaired) electrons. The van der Waals surface area contributed by atoms with Gasteiger partial charge < -0.3 is 15.7 Å². The summed E-state index contributed by atoms with van der Waals surface area (Å²) in [6.45, 7) is 4.01. The molecule has 0 amide bonds. The van der Waals surface area contributed by atoms with Crippen LogP contribution >= 0.6 is 0 Å². The van der Waals surface area contributed by atoms with Crippen molar-refractivity contribution in [2.75, 3.05) is 30.3 Å². The highest BCUT2D eigenvalue weighted by molar-refractivity contribution is 5.89. The number of anilines is 2. The van der Waals surface area contributed by atoms with E-state index in [1.165, 1.54) is 0 Å². The van der Waals surface area contributed by atoms with Gasteiger partial charge in [0.05, 0.1) is 5.52 Å². The quantitative estimate of drug-likeness (QED) is 0.619. The topological polar surface area (TPSA) is 70.1 Å². The minimum Gasteiger partial charge on any atom is -0.396 e. The van der Waals surface area contributed by atoms with E-state index in [-0.39, 0.29) is 6.61 Å². The minimum atomic E-state index is 0.288. The Morgan fingerprint density at radius 3 is 2.62 bits per heavy atom. The smallest absolute Gasteiger partial charge is 0.225 e. The van der Waals surface area contributed by atoms with Crippen molar-refractivity contribution in [3.8, 4) is 0 Å². The Balaban J connectivity index is 2.03. The van der Waals surface area contributed by atoms with Gasteiger partial charge in [0.25, 0.3) is 0 Å². The summed E-state index contributed by atoms with van der Waals surface area (Å²) in [5.74, 6) is 1.55. The van der Waals surface area contributed by atoms with Crippen LogP contribution in [0.4, 0.5) is 11.8 Å². The third-order valence-corrected chi connectivity index (χ3v) is 3.32. The van der Waals surface area contributed by atoms with E-state index in [0.717, 1.165) is 55.5 Å². The van der Waals surface area contributed by atoms with Crippen molar-refractivity contribution >= 4 is 22.7 Å². The van der Waals surface area contributed by atoms with Gasteiger partial charge in [-0.1, -0.05) is 25.0 Å². The molecule has 2 aromatic rings. The zero-order valence-corrected chi connectivity index (χ0v) is 12.6. The van der Waals surface area contributed by atoms with Crippen molar-refractivity contribution in [1.29, 1.82) is 0 Å². The first-order chi connectivity index (χ1) is 10.3. The standard InChI is InChI=1S/C16H24N4O/c1-2-17-16-19-14-10-6-5-9-13(14)15(20-16)18-11-7-3-4-8-12-21/h5-6,9-10,21H,2-4,7-8,11-12H2,1H3,(H2,17,18,19,20). The fourth-order valence-electron chi connectivity index (χ4n) is 2.25. The molecule has 0 saturated carbocycles. The molecule has 0 saturated heterocycles. The summed E-state index contributed by atoms with van der Waals surface area (Å²) < 4.78 is 0. The van der Waals surface area contributed by atoms with Crippen molar-refractivity contribution in [1.82, 2.24) is 9.97 Å². The van der Waals surface area contributed by atoms with Crippen LogP contribution in [0.15, 0.2) is 24.3 Å². The maximum absolute atomic E-state index is 8.76. The van der Waals surface area contributed by atoms with Gasteiger partial charge >= 0.3 is 0 Å². The monoisotopic (exact) mass is 288 g/mol. The lowest BCUT2D eigenvalue weighted by molar-refractivity contribution is 0.283. The second kappa shape index (κ2) is 8.42. The third-order valence-electron chi connectivity index (χ3n) is 3.32. The lowest BCUT2D eigenvalue weighted by Crippen LogP contribution is -2.08. The summed E-state index contributed by atoms with van der Waals surface area (Å²) in [7, 11) is 0. The number of para-hydroxylation sites is 1. The lowest BCUT2D eigenvalue weighted by Gasteiger charge is -2.11. The Morgan fingerprint density at radius 1 is 1.00 bits per heavy atom. The van der Waals surface area contributed by atoms with E-state index < -0.39 is 0 Å². The SMILES string of the molecule is CCNc1nc(NCCCCCCO)c2ccccc2n1. The number of nitrogens with zero attached hydrogens (tertiary/aromatic N) is 2. The number of aromatic nitrogens is 2. The number of fused-ring (bicyclic) bond motifs is 1. The molecule has 0 aliphatic carbocycles. The highest BCUT2D eigenvalue weighted by atomic mass is 16.2. The van der Waals surface area contributed by atoms with Gasteiger partial charge in [-0.2, -0.15) is 4.98 Å². The molecule has 0 bridgehead atoms. The van der Waals surface area contributed by atoms with Gasteiger partial charge in [-0.05, 0) is 31.9 Å². The number of unbranched alkanes of at least 4 members (excludes halogenated alkanes) is 3. The number of hydrogen-bond donors (Lipinski definition) is 3. The van der Waals surface area contributed by atoms with Crippen LogP contribution in [0.1, 0.15) is 32.6 Å². The summed E-state index contributed by atoms with van der Waals surface area (Å²) in [6.07, 6.45) is 4.16. The van der Waals surface area contributed by atoms with Gasteiger partial charge in [0.2, 0.25) is 5.95 Å². The number of nitrogens with one attached hydrogen (secondary N) is 2. The van der Waals surface area contributed by atoms with Crippen LogP contribution in [0.3, 0.4) is 0 Å². The summed E-state index contributed by atoms with van der Waals surface area (Å²) in [5.41, 5.74) is 0.950. The summed E-state index contributed by atoms with van der Waals surface area (Å²) in [6, 6.07) is 8.04.